The second-order valence-corrected chi connectivity index (χ2v) is 8.91. The Morgan fingerprint density at radius 1 is 1.09 bits per heavy atom. The Bertz CT molecular complexity index is 686. The Hall–Kier alpha value is -1.70. The van der Waals surface area contributed by atoms with E-state index in [-0.39, 0.29) is 5.82 Å². The molecule has 3 rings (SSSR count). The van der Waals surface area contributed by atoms with Crippen molar-refractivity contribution in [1.82, 2.24) is 15.1 Å². The predicted molar refractivity (Wildman–Crippen MR) is 127 cm³/mol. The van der Waals surface area contributed by atoms with Crippen LogP contribution in [0.2, 0.25) is 0 Å². The van der Waals surface area contributed by atoms with Gasteiger partial charge in [0, 0.05) is 58.6 Å². The standard InChI is InChI=1S/C25H41FN4O2/c1-3-27-25(30-15-11-23(12-16-30)32-18-6-17-31-2)28-19-21-9-13-29(14-10-21)20-22-7-4-5-8-24(22)26/h4-5,7-8,21,23H,3,6,9-20H2,1-2H3,(H,27,28). The van der Waals surface area contributed by atoms with Gasteiger partial charge >= 0.3 is 0 Å². The molecule has 0 bridgehead atoms. The van der Waals surface area contributed by atoms with Gasteiger partial charge in [-0.05, 0) is 64.1 Å². The van der Waals surface area contributed by atoms with Gasteiger partial charge < -0.3 is 19.7 Å². The van der Waals surface area contributed by atoms with E-state index in [9.17, 15) is 4.39 Å². The zero-order chi connectivity index (χ0) is 22.6. The largest absolute Gasteiger partial charge is 0.385 e. The van der Waals surface area contributed by atoms with Crippen molar-refractivity contribution < 1.29 is 13.9 Å². The summed E-state index contributed by atoms with van der Waals surface area (Å²) in [7, 11) is 1.73. The first-order valence-electron chi connectivity index (χ1n) is 12.3. The third kappa shape index (κ3) is 8.01. The normalized spacial score (nSPS) is 19.5. The summed E-state index contributed by atoms with van der Waals surface area (Å²) in [4.78, 5) is 9.73. The van der Waals surface area contributed by atoms with Crippen molar-refractivity contribution in [3.05, 3.63) is 35.6 Å². The van der Waals surface area contributed by atoms with Crippen molar-refractivity contribution in [1.29, 1.82) is 0 Å². The number of likely N-dealkylation sites (tertiary alicyclic amines) is 2. The molecule has 2 aliphatic heterocycles. The van der Waals surface area contributed by atoms with Crippen molar-refractivity contribution in [2.24, 2.45) is 10.9 Å². The molecular formula is C25H41FN4O2. The Morgan fingerprint density at radius 3 is 2.53 bits per heavy atom. The molecule has 180 valence electrons. The average Bonchev–Trinajstić information content (AvgIpc) is 2.82. The van der Waals surface area contributed by atoms with Crippen LogP contribution in [0.4, 0.5) is 4.39 Å². The molecule has 32 heavy (non-hydrogen) atoms. The number of aliphatic imine (C=N–C) groups is 1. The SMILES string of the molecule is CCNC(=NCC1CCN(Cc2ccccc2F)CC1)N1CCC(OCCCOC)CC1. The number of hydrogen-bond donors (Lipinski definition) is 1. The minimum Gasteiger partial charge on any atom is -0.385 e. The highest BCUT2D eigenvalue weighted by Gasteiger charge is 2.23. The quantitative estimate of drug-likeness (QED) is 0.337. The second kappa shape index (κ2) is 13.8. The number of rotatable bonds is 10. The number of nitrogens with one attached hydrogen (secondary N) is 1. The van der Waals surface area contributed by atoms with Crippen molar-refractivity contribution in [2.45, 2.75) is 51.7 Å². The molecule has 7 heteroatoms. The Labute approximate surface area is 193 Å². The maximum absolute atomic E-state index is 13.9. The van der Waals surface area contributed by atoms with Crippen LogP contribution >= 0.6 is 0 Å². The van der Waals surface area contributed by atoms with Gasteiger partial charge in [-0.3, -0.25) is 9.89 Å². The van der Waals surface area contributed by atoms with Gasteiger partial charge in [-0.25, -0.2) is 4.39 Å². The molecule has 0 aromatic heterocycles. The van der Waals surface area contributed by atoms with Crippen LogP contribution in [0.5, 0.6) is 0 Å². The number of guanidine groups is 1. The monoisotopic (exact) mass is 448 g/mol. The fourth-order valence-electron chi connectivity index (χ4n) is 4.52. The maximum Gasteiger partial charge on any atom is 0.193 e. The van der Waals surface area contributed by atoms with Gasteiger partial charge in [0.25, 0.3) is 0 Å². The first kappa shape index (κ1) is 24.9. The van der Waals surface area contributed by atoms with Crippen LogP contribution in [0, 0.1) is 11.7 Å². The van der Waals surface area contributed by atoms with E-state index in [0.717, 1.165) is 96.1 Å². The van der Waals surface area contributed by atoms with Gasteiger partial charge in [-0.15, -0.1) is 0 Å². The first-order chi connectivity index (χ1) is 15.7. The molecule has 0 atom stereocenters. The van der Waals surface area contributed by atoms with E-state index < -0.39 is 0 Å². The maximum atomic E-state index is 13.9. The molecule has 0 spiro atoms. The number of methoxy groups -OCH3 is 1. The van der Waals surface area contributed by atoms with Crippen LogP contribution in [0.15, 0.2) is 29.3 Å². The number of hydrogen-bond acceptors (Lipinski definition) is 4. The van der Waals surface area contributed by atoms with E-state index in [2.05, 4.69) is 22.0 Å². The number of piperidine rings is 2. The third-order valence-corrected chi connectivity index (χ3v) is 6.48. The molecule has 0 radical (unpaired) electrons. The molecule has 6 nitrogen and oxygen atoms in total. The summed E-state index contributed by atoms with van der Waals surface area (Å²) in [5, 5.41) is 3.48. The highest BCUT2D eigenvalue weighted by atomic mass is 19.1. The van der Waals surface area contributed by atoms with Crippen LogP contribution in [-0.2, 0) is 16.0 Å². The molecule has 1 aromatic carbocycles. The highest BCUT2D eigenvalue weighted by molar-refractivity contribution is 5.80. The molecule has 0 amide bonds. The smallest absolute Gasteiger partial charge is 0.193 e. The minimum absolute atomic E-state index is 0.0985. The van der Waals surface area contributed by atoms with Crippen LogP contribution < -0.4 is 5.32 Å². The Balaban J connectivity index is 1.40. The molecule has 2 saturated heterocycles. The number of nitrogens with zero attached hydrogens (tertiary/aromatic N) is 3. The summed E-state index contributed by atoms with van der Waals surface area (Å²) in [6, 6.07) is 7.11. The number of halogens is 1. The average molecular weight is 449 g/mol. The van der Waals surface area contributed by atoms with E-state index in [0.29, 0.717) is 18.6 Å². The zero-order valence-corrected chi connectivity index (χ0v) is 19.9. The van der Waals surface area contributed by atoms with Gasteiger partial charge in [0.15, 0.2) is 5.96 Å². The van der Waals surface area contributed by atoms with Crippen molar-refractivity contribution in [3.8, 4) is 0 Å². The topological polar surface area (TPSA) is 49.3 Å². The fourth-order valence-corrected chi connectivity index (χ4v) is 4.52. The van der Waals surface area contributed by atoms with Gasteiger partial charge in [-0.1, -0.05) is 18.2 Å². The molecule has 0 aliphatic carbocycles. The summed E-state index contributed by atoms with van der Waals surface area (Å²) in [6.45, 7) is 10.1. The fraction of sp³-hybridized carbons (Fsp3) is 0.720. The summed E-state index contributed by atoms with van der Waals surface area (Å²) in [6.07, 6.45) is 5.64. The molecule has 2 heterocycles. The molecule has 1 N–H and O–H groups in total. The third-order valence-electron chi connectivity index (χ3n) is 6.48. The lowest BCUT2D eigenvalue weighted by Crippen LogP contribution is -2.47. The van der Waals surface area contributed by atoms with Crippen LogP contribution in [0.1, 0.15) is 44.6 Å². The van der Waals surface area contributed by atoms with Crippen molar-refractivity contribution >= 4 is 5.96 Å². The van der Waals surface area contributed by atoms with Crippen molar-refractivity contribution in [2.75, 3.05) is 59.6 Å². The molecular weight excluding hydrogens is 407 g/mol. The van der Waals surface area contributed by atoms with Gasteiger partial charge in [0.05, 0.1) is 6.10 Å². The number of ether oxygens (including phenoxy) is 2. The number of benzene rings is 1. The molecule has 1 aromatic rings. The van der Waals surface area contributed by atoms with Gasteiger partial charge in [0.2, 0.25) is 0 Å². The minimum atomic E-state index is -0.0985. The van der Waals surface area contributed by atoms with E-state index in [4.69, 9.17) is 14.5 Å². The first-order valence-corrected chi connectivity index (χ1v) is 12.3. The molecule has 2 fully saturated rings. The molecule has 2 aliphatic rings. The lowest BCUT2D eigenvalue weighted by Gasteiger charge is -2.35. The summed E-state index contributed by atoms with van der Waals surface area (Å²) in [5.41, 5.74) is 0.796. The highest BCUT2D eigenvalue weighted by Crippen LogP contribution is 2.21. The summed E-state index contributed by atoms with van der Waals surface area (Å²) < 4.78 is 25.0. The van der Waals surface area contributed by atoms with Gasteiger partial charge in [-0.2, -0.15) is 0 Å². The Kier molecular flexibility index (Phi) is 10.7. The molecule has 0 unspecified atom stereocenters. The second-order valence-electron chi connectivity index (χ2n) is 8.91. The summed E-state index contributed by atoms with van der Waals surface area (Å²) in [5.74, 6) is 1.54. The van der Waals surface area contributed by atoms with E-state index in [1.165, 1.54) is 0 Å². The van der Waals surface area contributed by atoms with Crippen LogP contribution in [-0.4, -0.2) is 81.5 Å². The predicted octanol–water partition coefficient (Wildman–Crippen LogP) is 3.52. The zero-order valence-electron chi connectivity index (χ0n) is 19.9. The van der Waals surface area contributed by atoms with Crippen molar-refractivity contribution in [3.63, 3.8) is 0 Å². The lowest BCUT2D eigenvalue weighted by molar-refractivity contribution is 0.00988. The van der Waals surface area contributed by atoms with Crippen LogP contribution in [0.25, 0.3) is 0 Å². The van der Waals surface area contributed by atoms with E-state index in [1.54, 1.807) is 19.2 Å². The Morgan fingerprint density at radius 2 is 1.84 bits per heavy atom. The van der Waals surface area contributed by atoms with E-state index >= 15 is 0 Å². The van der Waals surface area contributed by atoms with Gasteiger partial charge in [0.1, 0.15) is 5.82 Å². The summed E-state index contributed by atoms with van der Waals surface area (Å²) >= 11 is 0. The van der Waals surface area contributed by atoms with E-state index in [1.807, 2.05) is 12.1 Å². The van der Waals surface area contributed by atoms with Crippen LogP contribution in [0.3, 0.4) is 0 Å². The molecule has 0 saturated carbocycles. The lowest BCUT2D eigenvalue weighted by atomic mass is 9.96.